The van der Waals surface area contributed by atoms with E-state index in [4.69, 9.17) is 0 Å². The molecule has 0 radical (unpaired) electrons. The first-order valence-electron chi connectivity index (χ1n) is 10.9. The van der Waals surface area contributed by atoms with Gasteiger partial charge in [0.05, 0.1) is 12.6 Å². The summed E-state index contributed by atoms with van der Waals surface area (Å²) < 4.78 is 0. The molecule has 6 heteroatoms. The third-order valence-electron chi connectivity index (χ3n) is 6.29. The van der Waals surface area contributed by atoms with Crippen molar-refractivity contribution in [1.29, 1.82) is 0 Å². The molecule has 2 aliphatic heterocycles. The maximum absolute atomic E-state index is 11.9. The first-order valence-corrected chi connectivity index (χ1v) is 10.9. The lowest BCUT2D eigenvalue weighted by Gasteiger charge is -2.36. The van der Waals surface area contributed by atoms with Crippen molar-refractivity contribution in [2.24, 2.45) is 5.92 Å². The second kappa shape index (κ2) is 9.71. The van der Waals surface area contributed by atoms with Gasteiger partial charge in [-0.3, -0.25) is 15.1 Å². The smallest absolute Gasteiger partial charge is 0.236 e. The summed E-state index contributed by atoms with van der Waals surface area (Å²) >= 11 is 0. The average molecular weight is 408 g/mol. The molecule has 2 aromatic rings. The zero-order valence-corrected chi connectivity index (χ0v) is 18.1. The molecular weight excluding hydrogens is 374 g/mol. The summed E-state index contributed by atoms with van der Waals surface area (Å²) in [5.41, 5.74) is 10.7. The molecule has 2 saturated heterocycles. The van der Waals surface area contributed by atoms with E-state index in [9.17, 15) is 4.79 Å². The molecule has 0 aliphatic carbocycles. The molecule has 6 nitrogen and oxygen atoms in total. The van der Waals surface area contributed by atoms with Crippen LogP contribution in [0.25, 0.3) is 11.1 Å². The second-order valence-electron chi connectivity index (χ2n) is 8.62. The molecule has 2 aliphatic rings. The third-order valence-corrected chi connectivity index (χ3v) is 6.29. The first-order chi connectivity index (χ1) is 14.6. The molecule has 2 fully saturated rings. The van der Waals surface area contributed by atoms with E-state index in [1.807, 2.05) is 14.1 Å². The summed E-state index contributed by atoms with van der Waals surface area (Å²) in [6.07, 6.45) is 0. The van der Waals surface area contributed by atoms with Crippen LogP contribution in [0.3, 0.4) is 0 Å². The maximum atomic E-state index is 11.9. The van der Waals surface area contributed by atoms with Crippen molar-refractivity contribution >= 4 is 5.91 Å². The predicted molar refractivity (Wildman–Crippen MR) is 121 cm³/mol. The molecule has 0 saturated carbocycles. The average Bonchev–Trinajstić information content (AvgIpc) is 3.24. The Morgan fingerprint density at radius 3 is 2.23 bits per heavy atom. The number of piperazine rings is 1. The molecule has 4 rings (SSSR count). The Kier molecular flexibility index (Phi) is 6.79. The summed E-state index contributed by atoms with van der Waals surface area (Å²) in [7, 11) is 3.65. The van der Waals surface area contributed by atoms with E-state index in [-0.39, 0.29) is 5.91 Å². The van der Waals surface area contributed by atoms with Crippen LogP contribution >= 0.6 is 0 Å². The van der Waals surface area contributed by atoms with Crippen LogP contribution in [0, 0.1) is 5.92 Å². The molecule has 2 aromatic carbocycles. The summed E-state index contributed by atoms with van der Waals surface area (Å²) in [5.74, 6) is 0.717. The Morgan fingerprint density at radius 2 is 1.57 bits per heavy atom. The molecule has 0 spiro atoms. The molecule has 2 N–H and O–H groups in total. The molecule has 0 aromatic heterocycles. The maximum Gasteiger partial charge on any atom is 0.236 e. The Labute approximate surface area is 179 Å². The van der Waals surface area contributed by atoms with Crippen LogP contribution < -0.4 is 10.9 Å². The van der Waals surface area contributed by atoms with Crippen molar-refractivity contribution in [2.75, 3.05) is 59.9 Å². The Morgan fingerprint density at radius 1 is 0.933 bits per heavy atom. The fraction of sp³-hybridized carbons (Fsp3) is 0.458. The third kappa shape index (κ3) is 5.08. The minimum atomic E-state index is 0.187. The zero-order valence-electron chi connectivity index (χ0n) is 18.1. The highest BCUT2D eigenvalue weighted by molar-refractivity contribution is 5.77. The van der Waals surface area contributed by atoms with Gasteiger partial charge < -0.3 is 9.80 Å². The molecule has 2 heterocycles. The standard InChI is InChI=1S/C24H33N5O/c1-27(2)23(30)18-29-14-12-28(13-15-29)17-22-16-25-26-24(22)21-10-8-20(9-11-21)19-6-4-3-5-7-19/h3-11,22,24-26H,12-18H2,1-2H3. The minimum absolute atomic E-state index is 0.187. The molecule has 2 unspecified atom stereocenters. The van der Waals surface area contributed by atoms with Gasteiger partial charge in [0.2, 0.25) is 5.91 Å². The van der Waals surface area contributed by atoms with E-state index < -0.39 is 0 Å². The molecule has 1 amide bonds. The van der Waals surface area contributed by atoms with Crippen molar-refractivity contribution in [1.82, 2.24) is 25.6 Å². The van der Waals surface area contributed by atoms with Crippen LogP contribution in [0.4, 0.5) is 0 Å². The number of hydrazine groups is 1. The summed E-state index contributed by atoms with van der Waals surface area (Å²) in [6.45, 7) is 6.55. The molecular formula is C24H33N5O. The van der Waals surface area contributed by atoms with Crippen LogP contribution in [0.15, 0.2) is 54.6 Å². The van der Waals surface area contributed by atoms with Gasteiger partial charge in [-0.2, -0.15) is 0 Å². The number of rotatable bonds is 6. The molecule has 30 heavy (non-hydrogen) atoms. The van der Waals surface area contributed by atoms with Crippen molar-refractivity contribution in [3.8, 4) is 11.1 Å². The van der Waals surface area contributed by atoms with Gasteiger partial charge in [-0.25, -0.2) is 5.43 Å². The highest BCUT2D eigenvalue weighted by Crippen LogP contribution is 2.28. The fourth-order valence-electron chi connectivity index (χ4n) is 4.37. The van der Waals surface area contributed by atoms with Crippen LogP contribution in [0.1, 0.15) is 11.6 Å². The minimum Gasteiger partial charge on any atom is -0.348 e. The lowest BCUT2D eigenvalue weighted by Crippen LogP contribution is -2.50. The number of amides is 1. The van der Waals surface area contributed by atoms with Gasteiger partial charge in [0, 0.05) is 59.3 Å². The number of nitrogens with zero attached hydrogens (tertiary/aromatic N) is 3. The number of benzene rings is 2. The Hall–Kier alpha value is -2.25. The van der Waals surface area contributed by atoms with E-state index in [1.165, 1.54) is 16.7 Å². The number of hydrogen-bond donors (Lipinski definition) is 2. The van der Waals surface area contributed by atoms with Gasteiger partial charge >= 0.3 is 0 Å². The van der Waals surface area contributed by atoms with Gasteiger partial charge in [-0.1, -0.05) is 54.6 Å². The molecule has 160 valence electrons. The van der Waals surface area contributed by atoms with Gasteiger partial charge in [0.15, 0.2) is 0 Å². The monoisotopic (exact) mass is 407 g/mol. The van der Waals surface area contributed by atoms with Crippen LogP contribution in [-0.2, 0) is 4.79 Å². The van der Waals surface area contributed by atoms with Crippen LogP contribution in [0.5, 0.6) is 0 Å². The van der Waals surface area contributed by atoms with E-state index in [0.29, 0.717) is 18.5 Å². The Bertz CT molecular complexity index is 815. The van der Waals surface area contributed by atoms with Crippen molar-refractivity contribution in [3.63, 3.8) is 0 Å². The van der Waals surface area contributed by atoms with E-state index in [2.05, 4.69) is 75.2 Å². The van der Waals surface area contributed by atoms with E-state index in [0.717, 1.165) is 39.3 Å². The lowest BCUT2D eigenvalue weighted by molar-refractivity contribution is -0.130. The van der Waals surface area contributed by atoms with Crippen molar-refractivity contribution in [3.05, 3.63) is 60.2 Å². The number of nitrogens with one attached hydrogen (secondary N) is 2. The lowest BCUT2D eigenvalue weighted by atomic mass is 9.92. The van der Waals surface area contributed by atoms with E-state index in [1.54, 1.807) is 4.90 Å². The highest BCUT2D eigenvalue weighted by Gasteiger charge is 2.31. The second-order valence-corrected chi connectivity index (χ2v) is 8.62. The van der Waals surface area contributed by atoms with Gasteiger partial charge in [0.1, 0.15) is 0 Å². The SMILES string of the molecule is CN(C)C(=O)CN1CCN(CC2CNNC2c2ccc(-c3ccccc3)cc2)CC1. The number of hydrogen-bond acceptors (Lipinski definition) is 5. The summed E-state index contributed by atoms with van der Waals surface area (Å²) in [6, 6.07) is 19.8. The normalized spacial score (nSPS) is 22.9. The fourth-order valence-corrected chi connectivity index (χ4v) is 4.37. The Balaban J connectivity index is 1.32. The van der Waals surface area contributed by atoms with Crippen molar-refractivity contribution < 1.29 is 4.79 Å². The first kappa shape index (κ1) is 21.0. The van der Waals surface area contributed by atoms with Gasteiger partial charge in [0.25, 0.3) is 0 Å². The highest BCUT2D eigenvalue weighted by atomic mass is 16.2. The van der Waals surface area contributed by atoms with Crippen LogP contribution in [-0.4, -0.2) is 80.5 Å². The summed E-state index contributed by atoms with van der Waals surface area (Å²) in [4.78, 5) is 18.4. The largest absolute Gasteiger partial charge is 0.348 e. The predicted octanol–water partition coefficient (Wildman–Crippen LogP) is 1.82. The number of carbonyl (C=O) groups excluding carboxylic acids is 1. The quantitative estimate of drug-likeness (QED) is 0.765. The van der Waals surface area contributed by atoms with Gasteiger partial charge in [-0.05, 0) is 16.7 Å². The number of likely N-dealkylation sites (N-methyl/N-ethyl adjacent to an activating group) is 1. The van der Waals surface area contributed by atoms with E-state index >= 15 is 0 Å². The zero-order chi connectivity index (χ0) is 20.9. The molecule has 2 atom stereocenters. The topological polar surface area (TPSA) is 50.9 Å². The van der Waals surface area contributed by atoms with Crippen LogP contribution in [0.2, 0.25) is 0 Å². The molecule has 0 bridgehead atoms. The summed E-state index contributed by atoms with van der Waals surface area (Å²) in [5, 5.41) is 0. The van der Waals surface area contributed by atoms with Crippen molar-refractivity contribution in [2.45, 2.75) is 6.04 Å². The van der Waals surface area contributed by atoms with Gasteiger partial charge in [-0.15, -0.1) is 0 Å². The number of carbonyl (C=O) groups is 1.